The molecule has 0 saturated carbocycles. The summed E-state index contributed by atoms with van der Waals surface area (Å²) in [6.45, 7) is 18.3. The highest BCUT2D eigenvalue weighted by Gasteiger charge is 2.23. The van der Waals surface area contributed by atoms with Crippen molar-refractivity contribution in [2.45, 2.75) is 66.2 Å². The fraction of sp³-hybridized carbons (Fsp3) is 0.750. The van der Waals surface area contributed by atoms with E-state index in [0.29, 0.717) is 24.4 Å². The fourth-order valence-electron chi connectivity index (χ4n) is 1.68. The van der Waals surface area contributed by atoms with E-state index >= 15 is 0 Å². The molecule has 1 aromatic heterocycles. The van der Waals surface area contributed by atoms with E-state index in [1.54, 1.807) is 6.20 Å². The minimum absolute atomic E-state index is 0.406. The Labute approximate surface area is 143 Å². The Bertz CT molecular complexity index is 497. The smallest absolute Gasteiger partial charge is 0.305 e. The first-order valence-corrected chi connectivity index (χ1v) is 15.1. The van der Waals surface area contributed by atoms with Gasteiger partial charge in [0.1, 0.15) is 0 Å². The summed E-state index contributed by atoms with van der Waals surface area (Å²) in [6, 6.07) is 0.406. The van der Waals surface area contributed by atoms with Gasteiger partial charge in [0.15, 0.2) is 0 Å². The molecule has 0 atom stereocenters. The number of nitrogens with zero attached hydrogens (tertiary/aromatic N) is 2. The molecule has 1 aromatic rings. The van der Waals surface area contributed by atoms with Crippen LogP contribution in [-0.4, -0.2) is 33.2 Å². The molecule has 0 aliphatic heterocycles. The largest absolute Gasteiger partial charge is 0.531 e. The number of hydrogen-bond acceptors (Lipinski definition) is 5. The Hall–Kier alpha value is -0.926. The maximum Gasteiger partial charge on any atom is 0.305 e. The van der Waals surface area contributed by atoms with E-state index in [1.165, 1.54) is 0 Å². The van der Waals surface area contributed by atoms with Crippen LogP contribution < -0.4 is 8.85 Å². The maximum atomic E-state index is 6.11. The molecule has 0 spiro atoms. The van der Waals surface area contributed by atoms with Gasteiger partial charge in [-0.2, -0.15) is 4.98 Å². The molecule has 5 nitrogen and oxygen atoms in total. The molecule has 0 aromatic carbocycles. The summed E-state index contributed by atoms with van der Waals surface area (Å²) in [4.78, 5) is 8.82. The van der Waals surface area contributed by atoms with E-state index in [0.717, 1.165) is 18.6 Å². The molecule has 7 heteroatoms. The number of ether oxygens (including phenoxy) is 1. The van der Waals surface area contributed by atoms with E-state index in [2.05, 4.69) is 63.1 Å². The van der Waals surface area contributed by atoms with Crippen LogP contribution in [0.3, 0.4) is 0 Å². The standard InChI is InChI=1S/C16H32N2O3Si2/c1-13(2)9-10-19-12-14-11-17-16(21-23(6,7)8)18-15(14)20-22(3,4)5/h11,13H,9-10,12H2,1-8H3. The molecule has 1 heterocycles. The van der Waals surface area contributed by atoms with Gasteiger partial charge in [0.25, 0.3) is 0 Å². The minimum Gasteiger partial charge on any atom is -0.531 e. The van der Waals surface area contributed by atoms with E-state index in [4.69, 9.17) is 13.6 Å². The van der Waals surface area contributed by atoms with E-state index in [9.17, 15) is 0 Å². The number of rotatable bonds is 9. The molecule has 0 N–H and O–H groups in total. The van der Waals surface area contributed by atoms with Crippen LogP contribution in [0.5, 0.6) is 11.9 Å². The lowest BCUT2D eigenvalue weighted by Gasteiger charge is -2.22. The number of aromatic nitrogens is 2. The zero-order valence-corrected chi connectivity index (χ0v) is 17.9. The molecular weight excluding hydrogens is 324 g/mol. The second kappa shape index (κ2) is 8.25. The first-order valence-electron chi connectivity index (χ1n) is 8.28. The predicted octanol–water partition coefficient (Wildman–Crippen LogP) is 4.47. The molecule has 132 valence electrons. The molecule has 0 radical (unpaired) electrons. The van der Waals surface area contributed by atoms with Crippen molar-refractivity contribution in [1.29, 1.82) is 0 Å². The van der Waals surface area contributed by atoms with Crippen LogP contribution in [0, 0.1) is 5.92 Å². The molecular formula is C16H32N2O3Si2. The quantitative estimate of drug-likeness (QED) is 0.483. The van der Waals surface area contributed by atoms with Crippen molar-refractivity contribution in [1.82, 2.24) is 9.97 Å². The average molecular weight is 357 g/mol. The van der Waals surface area contributed by atoms with Crippen LogP contribution in [0.4, 0.5) is 0 Å². The van der Waals surface area contributed by atoms with Gasteiger partial charge in [0.2, 0.25) is 22.5 Å². The molecule has 0 unspecified atom stereocenters. The molecule has 23 heavy (non-hydrogen) atoms. The van der Waals surface area contributed by atoms with Crippen molar-refractivity contribution in [3.63, 3.8) is 0 Å². The van der Waals surface area contributed by atoms with Gasteiger partial charge in [-0.15, -0.1) is 0 Å². The lowest BCUT2D eigenvalue weighted by Crippen LogP contribution is -2.32. The third-order valence-electron chi connectivity index (χ3n) is 2.70. The number of hydrogen-bond donors (Lipinski definition) is 0. The van der Waals surface area contributed by atoms with Crippen molar-refractivity contribution in [3.8, 4) is 11.9 Å². The Morgan fingerprint density at radius 3 is 2.13 bits per heavy atom. The zero-order valence-electron chi connectivity index (χ0n) is 15.9. The summed E-state index contributed by atoms with van der Waals surface area (Å²) in [5.41, 5.74) is 0.888. The van der Waals surface area contributed by atoms with Gasteiger partial charge in [-0.05, 0) is 51.6 Å². The highest BCUT2D eigenvalue weighted by molar-refractivity contribution is 6.70. The molecule has 0 aliphatic carbocycles. The summed E-state index contributed by atoms with van der Waals surface area (Å²) < 4.78 is 17.7. The third-order valence-corrected chi connectivity index (χ3v) is 4.30. The van der Waals surface area contributed by atoms with Crippen LogP contribution in [0.2, 0.25) is 39.3 Å². The fourth-order valence-corrected chi connectivity index (χ4v) is 3.08. The normalized spacial score (nSPS) is 12.6. The SMILES string of the molecule is CC(C)CCOCc1cnc(O[Si](C)(C)C)nc1O[Si](C)(C)C. The van der Waals surface area contributed by atoms with Gasteiger partial charge in [0, 0.05) is 12.8 Å². The minimum atomic E-state index is -1.77. The Balaban J connectivity index is 2.86. The van der Waals surface area contributed by atoms with Gasteiger partial charge >= 0.3 is 6.01 Å². The first kappa shape index (κ1) is 20.1. The van der Waals surface area contributed by atoms with Crippen molar-refractivity contribution < 1.29 is 13.6 Å². The van der Waals surface area contributed by atoms with Crippen molar-refractivity contribution in [3.05, 3.63) is 11.8 Å². The Morgan fingerprint density at radius 1 is 1.00 bits per heavy atom. The van der Waals surface area contributed by atoms with E-state index < -0.39 is 16.6 Å². The summed E-state index contributed by atoms with van der Waals surface area (Å²) >= 11 is 0. The lowest BCUT2D eigenvalue weighted by atomic mass is 10.1. The summed E-state index contributed by atoms with van der Waals surface area (Å²) in [7, 11) is -3.51. The van der Waals surface area contributed by atoms with Crippen molar-refractivity contribution in [2.75, 3.05) is 6.61 Å². The summed E-state index contributed by atoms with van der Waals surface area (Å²) in [5.74, 6) is 1.24. The Morgan fingerprint density at radius 2 is 1.61 bits per heavy atom. The monoisotopic (exact) mass is 356 g/mol. The molecule has 0 aliphatic rings. The lowest BCUT2D eigenvalue weighted by molar-refractivity contribution is 0.109. The highest BCUT2D eigenvalue weighted by atomic mass is 28.4. The zero-order chi connectivity index (χ0) is 17.7. The van der Waals surface area contributed by atoms with Crippen LogP contribution in [0.1, 0.15) is 25.8 Å². The second-order valence-corrected chi connectivity index (χ2v) is 17.0. The Kier molecular flexibility index (Phi) is 7.22. The molecule has 0 amide bonds. The van der Waals surface area contributed by atoms with Crippen LogP contribution in [-0.2, 0) is 11.3 Å². The first-order chi connectivity index (χ1) is 10.5. The molecule has 0 fully saturated rings. The van der Waals surface area contributed by atoms with Crippen LogP contribution >= 0.6 is 0 Å². The van der Waals surface area contributed by atoms with Crippen LogP contribution in [0.15, 0.2) is 6.20 Å². The summed E-state index contributed by atoms with van der Waals surface area (Å²) in [5, 5.41) is 0. The third kappa shape index (κ3) is 9.07. The van der Waals surface area contributed by atoms with Crippen LogP contribution in [0.25, 0.3) is 0 Å². The summed E-state index contributed by atoms with van der Waals surface area (Å²) in [6.07, 6.45) is 2.81. The molecule has 0 saturated heterocycles. The van der Waals surface area contributed by atoms with Crippen molar-refractivity contribution >= 4 is 16.6 Å². The average Bonchev–Trinajstić information content (AvgIpc) is 2.32. The maximum absolute atomic E-state index is 6.11. The van der Waals surface area contributed by atoms with Gasteiger partial charge < -0.3 is 13.6 Å². The second-order valence-electron chi connectivity index (χ2n) is 8.15. The predicted molar refractivity (Wildman–Crippen MR) is 99.1 cm³/mol. The van der Waals surface area contributed by atoms with Crippen molar-refractivity contribution in [2.24, 2.45) is 5.92 Å². The van der Waals surface area contributed by atoms with E-state index in [-0.39, 0.29) is 0 Å². The van der Waals surface area contributed by atoms with Gasteiger partial charge in [0.05, 0.1) is 12.2 Å². The molecule has 0 bridgehead atoms. The van der Waals surface area contributed by atoms with E-state index in [1.807, 2.05) is 0 Å². The molecule has 1 rings (SSSR count). The van der Waals surface area contributed by atoms with Gasteiger partial charge in [-0.3, -0.25) is 0 Å². The van der Waals surface area contributed by atoms with Gasteiger partial charge in [-0.1, -0.05) is 13.8 Å². The van der Waals surface area contributed by atoms with Gasteiger partial charge in [-0.25, -0.2) is 4.98 Å². The highest BCUT2D eigenvalue weighted by Crippen LogP contribution is 2.23. The topological polar surface area (TPSA) is 53.5 Å².